The fourth-order valence-corrected chi connectivity index (χ4v) is 6.18. The molecule has 1 aliphatic carbocycles. The second kappa shape index (κ2) is 11.6. The van der Waals surface area contributed by atoms with Crippen molar-refractivity contribution in [1.82, 2.24) is 0 Å². The molecule has 2 aromatic carbocycles. The number of anilines is 1. The first kappa shape index (κ1) is 26.3. The molecule has 2 atom stereocenters. The van der Waals surface area contributed by atoms with Crippen molar-refractivity contribution < 1.29 is 24.0 Å². The van der Waals surface area contributed by atoms with Gasteiger partial charge < -0.3 is 9.47 Å². The summed E-state index contributed by atoms with van der Waals surface area (Å²) in [4.78, 5) is 37.4. The number of amides is 1. The normalized spacial score (nSPS) is 16.6. The lowest BCUT2D eigenvalue weighted by Crippen LogP contribution is -2.25. The summed E-state index contributed by atoms with van der Waals surface area (Å²) in [5.74, 6) is 0.726. The number of nitro benzene ring substituents is 1. The topological polar surface area (TPSA) is 108 Å². The minimum Gasteiger partial charge on any atom is -0.462 e. The number of nitrogens with zero attached hydrogens (tertiary/aromatic N) is 1. The van der Waals surface area contributed by atoms with E-state index in [1.165, 1.54) is 41.2 Å². The maximum Gasteiger partial charge on any atom is 0.417 e. The van der Waals surface area contributed by atoms with Crippen LogP contribution in [0.2, 0.25) is 0 Å². The highest BCUT2D eigenvalue weighted by atomic mass is 32.1. The summed E-state index contributed by atoms with van der Waals surface area (Å²) in [7, 11) is 0. The molecule has 37 heavy (non-hydrogen) atoms. The lowest BCUT2D eigenvalue weighted by molar-refractivity contribution is -0.384. The Morgan fingerprint density at radius 1 is 1.14 bits per heavy atom. The fourth-order valence-electron chi connectivity index (χ4n) is 4.83. The van der Waals surface area contributed by atoms with E-state index in [1.54, 1.807) is 6.92 Å². The van der Waals surface area contributed by atoms with Crippen molar-refractivity contribution in [2.24, 2.45) is 11.8 Å². The molecular formula is C28H30N2O6S. The van der Waals surface area contributed by atoms with Crippen LogP contribution in [0.5, 0.6) is 5.75 Å². The molecule has 1 heterocycles. The molecule has 0 fully saturated rings. The Morgan fingerprint density at radius 3 is 2.46 bits per heavy atom. The molecule has 0 aliphatic heterocycles. The van der Waals surface area contributed by atoms with E-state index < -0.39 is 17.0 Å². The molecular weight excluding hydrogens is 492 g/mol. The average Bonchev–Trinajstić information content (AvgIpc) is 3.23. The van der Waals surface area contributed by atoms with Crippen LogP contribution in [-0.4, -0.2) is 23.6 Å². The van der Waals surface area contributed by atoms with Gasteiger partial charge in [0, 0.05) is 17.0 Å². The van der Waals surface area contributed by atoms with Crippen LogP contribution in [0.4, 0.5) is 15.5 Å². The molecule has 2 unspecified atom stereocenters. The molecule has 0 bridgehead atoms. The highest BCUT2D eigenvalue weighted by molar-refractivity contribution is 7.17. The van der Waals surface area contributed by atoms with Crippen molar-refractivity contribution in [3.05, 3.63) is 86.3 Å². The number of nitrogens with one attached hydrogen (secondary N) is 1. The summed E-state index contributed by atoms with van der Waals surface area (Å²) in [5.41, 5.74) is 2.43. The van der Waals surface area contributed by atoms with Gasteiger partial charge in [0.15, 0.2) is 0 Å². The first-order chi connectivity index (χ1) is 17.8. The number of non-ortho nitro benzene ring substituents is 1. The van der Waals surface area contributed by atoms with Crippen LogP contribution in [0, 0.1) is 22.0 Å². The van der Waals surface area contributed by atoms with Gasteiger partial charge in [-0.3, -0.25) is 15.4 Å². The Morgan fingerprint density at radius 2 is 1.84 bits per heavy atom. The van der Waals surface area contributed by atoms with Crippen molar-refractivity contribution in [2.75, 3.05) is 11.9 Å². The second-order valence-electron chi connectivity index (χ2n) is 9.46. The van der Waals surface area contributed by atoms with Crippen LogP contribution in [0.25, 0.3) is 0 Å². The molecule has 1 amide bonds. The van der Waals surface area contributed by atoms with E-state index in [9.17, 15) is 19.7 Å². The van der Waals surface area contributed by atoms with Crippen molar-refractivity contribution >= 4 is 34.1 Å². The monoisotopic (exact) mass is 522 g/mol. The number of ether oxygens (including phenoxy) is 2. The minimum atomic E-state index is -0.780. The number of thiophene rings is 1. The number of hydrogen-bond acceptors (Lipinski definition) is 7. The van der Waals surface area contributed by atoms with E-state index in [0.717, 1.165) is 29.7 Å². The van der Waals surface area contributed by atoms with Gasteiger partial charge in [-0.15, -0.1) is 11.3 Å². The second-order valence-corrected chi connectivity index (χ2v) is 10.6. The van der Waals surface area contributed by atoms with E-state index in [-0.39, 0.29) is 24.0 Å². The number of benzene rings is 2. The highest BCUT2D eigenvalue weighted by Crippen LogP contribution is 2.48. The van der Waals surface area contributed by atoms with Crippen LogP contribution < -0.4 is 10.1 Å². The Bertz CT molecular complexity index is 1270. The van der Waals surface area contributed by atoms with Gasteiger partial charge in [0.25, 0.3) is 5.69 Å². The van der Waals surface area contributed by atoms with Gasteiger partial charge in [-0.25, -0.2) is 9.59 Å². The van der Waals surface area contributed by atoms with E-state index in [2.05, 4.69) is 31.3 Å². The van der Waals surface area contributed by atoms with Gasteiger partial charge in [0.2, 0.25) is 0 Å². The van der Waals surface area contributed by atoms with Gasteiger partial charge in [-0.1, -0.05) is 44.2 Å². The van der Waals surface area contributed by atoms with Gasteiger partial charge >= 0.3 is 12.1 Å². The SMILES string of the molecule is CCOC(=O)c1c(NC(=O)Oc2ccc([N+](=O)[O-])cc2)sc2c1C(Cc1ccccc1)CC(C(C)C)C2. The summed E-state index contributed by atoms with van der Waals surface area (Å²) in [6.07, 6.45) is 1.77. The summed E-state index contributed by atoms with van der Waals surface area (Å²) in [5, 5.41) is 14.0. The quantitative estimate of drug-likeness (QED) is 0.194. The van der Waals surface area contributed by atoms with E-state index in [0.29, 0.717) is 22.4 Å². The molecule has 0 radical (unpaired) electrons. The minimum absolute atomic E-state index is 0.104. The van der Waals surface area contributed by atoms with Crippen LogP contribution in [0.1, 0.15) is 59.5 Å². The highest BCUT2D eigenvalue weighted by Gasteiger charge is 2.37. The number of esters is 1. The Labute approximate surface area is 219 Å². The summed E-state index contributed by atoms with van der Waals surface area (Å²) in [6.45, 7) is 6.41. The molecule has 8 nitrogen and oxygen atoms in total. The van der Waals surface area contributed by atoms with E-state index >= 15 is 0 Å². The maximum absolute atomic E-state index is 13.2. The molecule has 3 aromatic rings. The zero-order chi connectivity index (χ0) is 26.5. The molecule has 0 saturated carbocycles. The Hall–Kier alpha value is -3.72. The number of carbonyl (C=O) groups is 2. The molecule has 1 aromatic heterocycles. The third-order valence-corrected chi connectivity index (χ3v) is 7.83. The molecule has 1 aliphatic rings. The van der Waals surface area contributed by atoms with Gasteiger partial charge in [-0.2, -0.15) is 0 Å². The van der Waals surface area contributed by atoms with Gasteiger partial charge in [0.05, 0.1) is 17.1 Å². The van der Waals surface area contributed by atoms with Crippen molar-refractivity contribution in [1.29, 1.82) is 0 Å². The predicted octanol–water partition coefficient (Wildman–Crippen LogP) is 6.99. The predicted molar refractivity (Wildman–Crippen MR) is 143 cm³/mol. The molecule has 1 N–H and O–H groups in total. The molecule has 194 valence electrons. The van der Waals surface area contributed by atoms with Gasteiger partial charge in [0.1, 0.15) is 10.8 Å². The van der Waals surface area contributed by atoms with Crippen LogP contribution in [0.3, 0.4) is 0 Å². The number of carbonyl (C=O) groups excluding carboxylic acids is 2. The Kier molecular flexibility index (Phi) is 8.23. The third kappa shape index (κ3) is 6.17. The third-order valence-electron chi connectivity index (χ3n) is 6.69. The summed E-state index contributed by atoms with van der Waals surface area (Å²) >= 11 is 1.39. The molecule has 0 spiro atoms. The zero-order valence-electron chi connectivity index (χ0n) is 21.1. The van der Waals surface area contributed by atoms with Crippen LogP contribution in [0.15, 0.2) is 54.6 Å². The largest absolute Gasteiger partial charge is 0.462 e. The van der Waals surface area contributed by atoms with Crippen LogP contribution >= 0.6 is 11.3 Å². The fraction of sp³-hybridized carbons (Fsp3) is 0.357. The summed E-state index contributed by atoms with van der Waals surface area (Å²) in [6, 6.07) is 15.4. The molecule has 0 saturated heterocycles. The summed E-state index contributed by atoms with van der Waals surface area (Å²) < 4.78 is 10.8. The average molecular weight is 523 g/mol. The maximum atomic E-state index is 13.2. The standard InChI is InChI=1S/C28H30N2O6S/c1-4-35-27(31)25-24-20(14-18-8-6-5-7-9-18)15-19(17(2)3)16-23(24)37-26(25)29-28(32)36-22-12-10-21(11-13-22)30(33)34/h5-13,17,19-20H,4,14-16H2,1-3H3,(H,29,32). The van der Waals surface area contributed by atoms with E-state index in [1.807, 2.05) is 18.2 Å². The lowest BCUT2D eigenvalue weighted by atomic mass is 9.73. The lowest BCUT2D eigenvalue weighted by Gasteiger charge is -2.32. The number of fused-ring (bicyclic) bond motifs is 1. The van der Waals surface area contributed by atoms with Gasteiger partial charge in [-0.05, 0) is 67.2 Å². The van der Waals surface area contributed by atoms with Crippen molar-refractivity contribution in [2.45, 2.75) is 46.0 Å². The van der Waals surface area contributed by atoms with Crippen molar-refractivity contribution in [3.63, 3.8) is 0 Å². The number of hydrogen-bond donors (Lipinski definition) is 1. The molecule has 4 rings (SSSR count). The zero-order valence-corrected chi connectivity index (χ0v) is 21.9. The number of rotatable bonds is 8. The van der Waals surface area contributed by atoms with E-state index in [4.69, 9.17) is 9.47 Å². The first-order valence-electron chi connectivity index (χ1n) is 12.4. The first-order valence-corrected chi connectivity index (χ1v) is 13.2. The number of nitro groups is 1. The van der Waals surface area contributed by atoms with Crippen LogP contribution in [-0.2, 0) is 17.6 Å². The smallest absolute Gasteiger partial charge is 0.417 e. The van der Waals surface area contributed by atoms with Crippen molar-refractivity contribution in [3.8, 4) is 5.75 Å². The Balaban J connectivity index is 1.66. The molecule has 9 heteroatoms.